The maximum absolute atomic E-state index is 6.17. The van der Waals surface area contributed by atoms with E-state index in [9.17, 15) is 0 Å². The minimum absolute atomic E-state index is 0.416. The maximum Gasteiger partial charge on any atom is 0.153 e. The van der Waals surface area contributed by atoms with E-state index in [1.165, 1.54) is 0 Å². The molecule has 0 amide bonds. The summed E-state index contributed by atoms with van der Waals surface area (Å²) in [5.74, 6) is 1.35. The summed E-state index contributed by atoms with van der Waals surface area (Å²) in [5, 5.41) is 12.3. The minimum Gasteiger partial charge on any atom is -0.323 e. The largest absolute Gasteiger partial charge is 0.323 e. The molecular weight excluding hydrogens is 258 g/mol. The van der Waals surface area contributed by atoms with Gasteiger partial charge >= 0.3 is 0 Å². The number of hydrogen-bond donors (Lipinski definition) is 2. The molecule has 4 nitrogen and oxygen atoms in total. The Balaban J connectivity index is 2.03. The molecule has 2 N–H and O–H groups in total. The van der Waals surface area contributed by atoms with E-state index in [0.29, 0.717) is 22.3 Å². The van der Waals surface area contributed by atoms with E-state index in [-0.39, 0.29) is 0 Å². The number of benzene rings is 1. The number of aromatic amines is 1. The number of nitrogens with one attached hydrogen (secondary N) is 2. The molecule has 0 bridgehead atoms. The van der Waals surface area contributed by atoms with Crippen LogP contribution in [0.25, 0.3) is 10.8 Å². The number of fused-ring (bicyclic) bond motifs is 1. The number of anilines is 2. The lowest BCUT2D eigenvalue weighted by Crippen LogP contribution is -2.01. The first kappa shape index (κ1) is 12.1. The normalized spacial score (nSPS) is 10.8. The number of nitrogens with zero attached hydrogens (tertiary/aromatic N) is 2. The lowest BCUT2D eigenvalue weighted by atomic mass is 9.94. The van der Waals surface area contributed by atoms with Gasteiger partial charge in [-0.15, -0.1) is 0 Å². The van der Waals surface area contributed by atoms with Crippen molar-refractivity contribution in [2.24, 2.45) is 0 Å². The number of halogens is 1. The standard InChI is InChI=1S/C13H10BClN4/c1-7-4-12(19-18-7)16-11-5-8-2-3-9(14)6-10(8)13(15)17-11/h2-6H,1H3,(H2,16,17,18,19). The number of hydrogen-bond acceptors (Lipinski definition) is 3. The van der Waals surface area contributed by atoms with Gasteiger partial charge in [0.1, 0.15) is 18.8 Å². The second-order valence-electron chi connectivity index (χ2n) is 4.34. The molecule has 0 atom stereocenters. The molecule has 3 rings (SSSR count). The molecule has 19 heavy (non-hydrogen) atoms. The van der Waals surface area contributed by atoms with Crippen LogP contribution in [-0.2, 0) is 0 Å². The fourth-order valence-corrected chi connectivity index (χ4v) is 2.16. The molecule has 0 saturated carbocycles. The average molecular weight is 269 g/mol. The quantitative estimate of drug-likeness (QED) is 0.554. The highest BCUT2D eigenvalue weighted by Crippen LogP contribution is 2.25. The predicted molar refractivity (Wildman–Crippen MR) is 78.7 cm³/mol. The Bertz CT molecular complexity index is 753. The first-order valence-electron chi connectivity index (χ1n) is 5.76. The Morgan fingerprint density at radius 1 is 1.21 bits per heavy atom. The van der Waals surface area contributed by atoms with Gasteiger partial charge < -0.3 is 5.32 Å². The van der Waals surface area contributed by atoms with Crippen molar-refractivity contribution >= 4 is 47.3 Å². The molecule has 0 aliphatic rings. The molecule has 0 aliphatic heterocycles. The molecule has 0 unspecified atom stereocenters. The molecular formula is C13H10BClN4. The summed E-state index contributed by atoms with van der Waals surface area (Å²) < 4.78 is 0. The van der Waals surface area contributed by atoms with E-state index in [1.807, 2.05) is 37.3 Å². The second kappa shape index (κ2) is 4.59. The zero-order chi connectivity index (χ0) is 13.4. The summed E-state index contributed by atoms with van der Waals surface area (Å²) >= 11 is 6.17. The van der Waals surface area contributed by atoms with Crippen LogP contribution in [0.15, 0.2) is 30.3 Å². The van der Waals surface area contributed by atoms with Crippen molar-refractivity contribution in [2.45, 2.75) is 6.92 Å². The van der Waals surface area contributed by atoms with Crippen LogP contribution in [0.1, 0.15) is 5.69 Å². The minimum atomic E-state index is 0.416. The molecule has 3 aromatic rings. The van der Waals surface area contributed by atoms with E-state index < -0.39 is 0 Å². The molecule has 2 radical (unpaired) electrons. The highest BCUT2D eigenvalue weighted by Gasteiger charge is 2.06. The molecule has 2 aromatic heterocycles. The van der Waals surface area contributed by atoms with Gasteiger partial charge in [0.05, 0.1) is 0 Å². The summed E-state index contributed by atoms with van der Waals surface area (Å²) in [6.07, 6.45) is 0. The SMILES string of the molecule is [B]c1ccc2cc(Nc3cc(C)[nH]n3)nc(Cl)c2c1. The smallest absolute Gasteiger partial charge is 0.153 e. The van der Waals surface area contributed by atoms with Crippen molar-refractivity contribution < 1.29 is 0 Å². The van der Waals surface area contributed by atoms with Crippen LogP contribution < -0.4 is 10.8 Å². The van der Waals surface area contributed by atoms with E-state index in [4.69, 9.17) is 19.4 Å². The predicted octanol–water partition coefficient (Wildman–Crippen LogP) is 2.46. The van der Waals surface area contributed by atoms with Crippen molar-refractivity contribution in [1.29, 1.82) is 0 Å². The van der Waals surface area contributed by atoms with Crippen molar-refractivity contribution in [3.05, 3.63) is 41.2 Å². The Kier molecular flexibility index (Phi) is 2.91. The monoisotopic (exact) mass is 268 g/mol. The Hall–Kier alpha value is -2.01. The Labute approximate surface area is 116 Å². The van der Waals surface area contributed by atoms with Gasteiger partial charge in [-0.25, -0.2) is 4.98 Å². The first-order valence-corrected chi connectivity index (χ1v) is 6.14. The number of pyridine rings is 1. The van der Waals surface area contributed by atoms with Gasteiger partial charge in [-0.2, -0.15) is 5.10 Å². The summed E-state index contributed by atoms with van der Waals surface area (Å²) in [6.45, 7) is 1.93. The number of rotatable bonds is 2. The van der Waals surface area contributed by atoms with Crippen LogP contribution in [0.2, 0.25) is 5.15 Å². The van der Waals surface area contributed by atoms with Gasteiger partial charge in [0, 0.05) is 17.1 Å². The lowest BCUT2D eigenvalue weighted by molar-refractivity contribution is 1.05. The third-order valence-electron chi connectivity index (χ3n) is 2.77. The molecule has 92 valence electrons. The topological polar surface area (TPSA) is 53.6 Å². The van der Waals surface area contributed by atoms with Crippen molar-refractivity contribution in [3.8, 4) is 0 Å². The van der Waals surface area contributed by atoms with Gasteiger partial charge in [0.15, 0.2) is 5.82 Å². The Morgan fingerprint density at radius 3 is 2.79 bits per heavy atom. The molecule has 1 aromatic carbocycles. The Morgan fingerprint density at radius 2 is 2.05 bits per heavy atom. The van der Waals surface area contributed by atoms with Crippen molar-refractivity contribution in [2.75, 3.05) is 5.32 Å². The molecule has 2 heterocycles. The molecule has 6 heteroatoms. The van der Waals surface area contributed by atoms with E-state index >= 15 is 0 Å². The van der Waals surface area contributed by atoms with E-state index in [1.54, 1.807) is 0 Å². The highest BCUT2D eigenvalue weighted by molar-refractivity contribution is 6.37. The van der Waals surface area contributed by atoms with Gasteiger partial charge in [0.25, 0.3) is 0 Å². The van der Waals surface area contributed by atoms with Crippen LogP contribution >= 0.6 is 11.6 Å². The number of aromatic nitrogens is 3. The second-order valence-corrected chi connectivity index (χ2v) is 4.70. The van der Waals surface area contributed by atoms with Gasteiger partial charge in [0.2, 0.25) is 0 Å². The third-order valence-corrected chi connectivity index (χ3v) is 3.06. The molecule has 0 saturated heterocycles. The molecule has 0 aliphatic carbocycles. The van der Waals surface area contributed by atoms with Gasteiger partial charge in [-0.3, -0.25) is 5.10 Å². The van der Waals surface area contributed by atoms with E-state index in [0.717, 1.165) is 16.5 Å². The summed E-state index contributed by atoms with van der Waals surface area (Å²) in [7, 11) is 5.74. The van der Waals surface area contributed by atoms with Crippen molar-refractivity contribution in [1.82, 2.24) is 15.2 Å². The third kappa shape index (κ3) is 2.42. The lowest BCUT2D eigenvalue weighted by Gasteiger charge is -2.06. The first-order chi connectivity index (χ1) is 9.11. The summed E-state index contributed by atoms with van der Waals surface area (Å²) in [5.41, 5.74) is 1.64. The maximum atomic E-state index is 6.17. The van der Waals surface area contributed by atoms with Crippen LogP contribution in [0, 0.1) is 6.92 Å². The van der Waals surface area contributed by atoms with Gasteiger partial charge in [-0.05, 0) is 18.4 Å². The highest BCUT2D eigenvalue weighted by atomic mass is 35.5. The van der Waals surface area contributed by atoms with Gasteiger partial charge in [-0.1, -0.05) is 35.3 Å². The number of H-pyrrole nitrogens is 1. The summed E-state index contributed by atoms with van der Waals surface area (Å²) in [4.78, 5) is 4.29. The fraction of sp³-hybridized carbons (Fsp3) is 0.0769. The van der Waals surface area contributed by atoms with Crippen LogP contribution in [0.5, 0.6) is 0 Å². The number of aryl methyl sites for hydroxylation is 1. The zero-order valence-electron chi connectivity index (χ0n) is 10.2. The van der Waals surface area contributed by atoms with Crippen LogP contribution in [0.4, 0.5) is 11.6 Å². The van der Waals surface area contributed by atoms with Crippen LogP contribution in [0.3, 0.4) is 0 Å². The van der Waals surface area contributed by atoms with Crippen LogP contribution in [-0.4, -0.2) is 23.0 Å². The summed E-state index contributed by atoms with van der Waals surface area (Å²) in [6, 6.07) is 9.36. The average Bonchev–Trinajstić information content (AvgIpc) is 2.76. The van der Waals surface area contributed by atoms with E-state index in [2.05, 4.69) is 20.5 Å². The zero-order valence-corrected chi connectivity index (χ0v) is 11.0. The molecule has 0 spiro atoms. The fourth-order valence-electron chi connectivity index (χ4n) is 1.90. The molecule has 0 fully saturated rings. The van der Waals surface area contributed by atoms with Crippen molar-refractivity contribution in [3.63, 3.8) is 0 Å².